The van der Waals surface area contributed by atoms with E-state index in [0.717, 1.165) is 16.7 Å². The second-order valence-corrected chi connectivity index (χ2v) is 5.70. The van der Waals surface area contributed by atoms with Gasteiger partial charge in [-0.3, -0.25) is 4.98 Å². The Kier molecular flexibility index (Phi) is 4.77. The molecule has 2 aromatic carbocycles. The second kappa shape index (κ2) is 7.15. The number of hydrogen-bond donors (Lipinski definition) is 1. The zero-order valence-electron chi connectivity index (χ0n) is 13.1. The van der Waals surface area contributed by atoms with Crippen LogP contribution < -0.4 is 0 Å². The lowest BCUT2D eigenvalue weighted by atomic mass is 9.80. The van der Waals surface area contributed by atoms with Crippen molar-refractivity contribution in [2.24, 2.45) is 5.18 Å². The Hall–Kier alpha value is -2.85. The molecule has 24 heavy (non-hydrogen) atoms. The van der Waals surface area contributed by atoms with E-state index in [0.29, 0.717) is 0 Å². The fraction of sp³-hybridized carbons (Fsp3) is 0.150. The quantitative estimate of drug-likeness (QED) is 0.692. The van der Waals surface area contributed by atoms with Crippen molar-refractivity contribution in [3.05, 3.63) is 107 Å². The smallest absolute Gasteiger partial charge is 0.120 e. The normalized spacial score (nSPS) is 12.5. The highest BCUT2D eigenvalue weighted by Crippen LogP contribution is 2.39. The van der Waals surface area contributed by atoms with Crippen LogP contribution in [-0.4, -0.2) is 10.1 Å². The summed E-state index contributed by atoms with van der Waals surface area (Å²) in [5.74, 6) is 0. The molecule has 1 aromatic heterocycles. The van der Waals surface area contributed by atoms with Crippen molar-refractivity contribution in [2.45, 2.75) is 18.1 Å². The molecule has 0 bridgehead atoms. The topological polar surface area (TPSA) is 62.5 Å². The van der Waals surface area contributed by atoms with Crippen LogP contribution in [0.1, 0.15) is 29.2 Å². The van der Waals surface area contributed by atoms with Crippen molar-refractivity contribution in [3.63, 3.8) is 0 Å². The minimum absolute atomic E-state index is 0.161. The van der Waals surface area contributed by atoms with Crippen molar-refractivity contribution in [2.75, 3.05) is 0 Å². The molecule has 0 saturated carbocycles. The lowest BCUT2D eigenvalue weighted by Gasteiger charge is -2.31. The molecular weight excluding hydrogens is 300 g/mol. The summed E-state index contributed by atoms with van der Waals surface area (Å²) in [6.45, 7) is 0. The number of pyridine rings is 1. The Balaban J connectivity index is 2.04. The van der Waals surface area contributed by atoms with Gasteiger partial charge >= 0.3 is 0 Å². The molecule has 4 heteroatoms. The zero-order chi connectivity index (χ0) is 16.8. The van der Waals surface area contributed by atoms with Gasteiger partial charge in [0.25, 0.3) is 0 Å². The Morgan fingerprint density at radius 1 is 0.875 bits per heavy atom. The fourth-order valence-electron chi connectivity index (χ4n) is 2.91. The van der Waals surface area contributed by atoms with Gasteiger partial charge in [0, 0.05) is 18.8 Å². The molecule has 0 saturated heterocycles. The van der Waals surface area contributed by atoms with Crippen molar-refractivity contribution in [1.29, 1.82) is 0 Å². The first-order valence-electron chi connectivity index (χ1n) is 7.80. The molecule has 0 aliphatic heterocycles. The van der Waals surface area contributed by atoms with E-state index >= 15 is 0 Å². The van der Waals surface area contributed by atoms with Gasteiger partial charge in [0.05, 0.1) is 0 Å². The van der Waals surface area contributed by atoms with Crippen LogP contribution >= 0.6 is 0 Å². The van der Waals surface area contributed by atoms with Gasteiger partial charge in [0.15, 0.2) is 0 Å². The molecule has 1 atom stereocenters. The van der Waals surface area contributed by atoms with Gasteiger partial charge in [0.2, 0.25) is 0 Å². The van der Waals surface area contributed by atoms with E-state index < -0.39 is 11.6 Å². The first-order chi connectivity index (χ1) is 11.7. The summed E-state index contributed by atoms with van der Waals surface area (Å²) < 4.78 is 0. The van der Waals surface area contributed by atoms with Gasteiger partial charge in [-0.05, 0) is 28.8 Å². The Morgan fingerprint density at radius 2 is 1.38 bits per heavy atom. The molecule has 3 rings (SSSR count). The third-order valence-electron chi connectivity index (χ3n) is 4.21. The van der Waals surface area contributed by atoms with E-state index in [1.165, 1.54) is 0 Å². The summed E-state index contributed by atoms with van der Waals surface area (Å²) in [6.07, 6.45) is 3.41. The molecule has 1 unspecified atom stereocenters. The molecule has 0 radical (unpaired) electrons. The monoisotopic (exact) mass is 318 g/mol. The summed E-state index contributed by atoms with van der Waals surface area (Å²) >= 11 is 0. The minimum Gasteiger partial charge on any atom is -0.380 e. The van der Waals surface area contributed by atoms with Crippen LogP contribution in [0.25, 0.3) is 0 Å². The summed E-state index contributed by atoms with van der Waals surface area (Å²) in [5.41, 5.74) is 0.910. The molecule has 1 N–H and O–H groups in total. The lowest BCUT2D eigenvalue weighted by molar-refractivity contribution is 0.0633. The van der Waals surface area contributed by atoms with Gasteiger partial charge < -0.3 is 5.11 Å². The standard InChI is InChI=1S/C20H18N2O2/c23-20(17-7-3-1-4-8-17,18-9-5-2-6-10-18)15-19(22-24)16-11-13-21-14-12-16/h1-14,19,23H,15H2. The summed E-state index contributed by atoms with van der Waals surface area (Å²) in [6, 6.07) is 21.6. The molecule has 1 heterocycles. The first kappa shape index (κ1) is 16.0. The first-order valence-corrected chi connectivity index (χ1v) is 7.80. The zero-order valence-corrected chi connectivity index (χ0v) is 13.1. The van der Waals surface area contributed by atoms with E-state index in [1.807, 2.05) is 60.7 Å². The largest absolute Gasteiger partial charge is 0.380 e. The highest BCUT2D eigenvalue weighted by molar-refractivity contribution is 5.37. The van der Waals surface area contributed by atoms with E-state index in [-0.39, 0.29) is 6.42 Å². The van der Waals surface area contributed by atoms with Crippen LogP contribution in [0.2, 0.25) is 0 Å². The Bertz CT molecular complexity index is 737. The second-order valence-electron chi connectivity index (χ2n) is 5.70. The van der Waals surface area contributed by atoms with Gasteiger partial charge in [-0.1, -0.05) is 65.8 Å². The van der Waals surface area contributed by atoms with Gasteiger partial charge in [0.1, 0.15) is 11.6 Å². The van der Waals surface area contributed by atoms with Crippen LogP contribution in [0.5, 0.6) is 0 Å². The van der Waals surface area contributed by atoms with Crippen LogP contribution in [0.4, 0.5) is 0 Å². The van der Waals surface area contributed by atoms with Crippen LogP contribution in [0.3, 0.4) is 0 Å². The minimum atomic E-state index is -1.30. The van der Waals surface area contributed by atoms with Crippen LogP contribution in [0, 0.1) is 4.91 Å². The molecular formula is C20H18N2O2. The predicted molar refractivity (Wildman–Crippen MR) is 93.3 cm³/mol. The molecule has 4 nitrogen and oxygen atoms in total. The highest BCUT2D eigenvalue weighted by atomic mass is 16.3. The maximum atomic E-state index is 11.5. The molecule has 0 aliphatic rings. The highest BCUT2D eigenvalue weighted by Gasteiger charge is 2.35. The fourth-order valence-corrected chi connectivity index (χ4v) is 2.91. The third-order valence-corrected chi connectivity index (χ3v) is 4.21. The maximum Gasteiger partial charge on any atom is 0.120 e. The number of rotatable bonds is 6. The van der Waals surface area contributed by atoms with E-state index in [1.54, 1.807) is 24.5 Å². The average molecular weight is 318 g/mol. The predicted octanol–water partition coefficient (Wildman–Crippen LogP) is 4.22. The Morgan fingerprint density at radius 3 is 1.83 bits per heavy atom. The van der Waals surface area contributed by atoms with Crippen molar-refractivity contribution in [3.8, 4) is 0 Å². The SMILES string of the molecule is O=NC(CC(O)(c1ccccc1)c1ccccc1)c1ccncc1. The van der Waals surface area contributed by atoms with E-state index in [2.05, 4.69) is 10.2 Å². The van der Waals surface area contributed by atoms with Crippen molar-refractivity contribution < 1.29 is 5.11 Å². The van der Waals surface area contributed by atoms with E-state index in [4.69, 9.17) is 0 Å². The third kappa shape index (κ3) is 3.24. The number of nitroso groups, excluding NO2 is 1. The average Bonchev–Trinajstić information content (AvgIpc) is 2.68. The van der Waals surface area contributed by atoms with Gasteiger partial charge in [-0.2, -0.15) is 4.91 Å². The van der Waals surface area contributed by atoms with Crippen LogP contribution in [0.15, 0.2) is 90.4 Å². The Labute approximate surface area is 140 Å². The van der Waals surface area contributed by atoms with Crippen LogP contribution in [-0.2, 0) is 5.60 Å². The molecule has 0 amide bonds. The molecule has 3 aromatic rings. The lowest BCUT2D eigenvalue weighted by Crippen LogP contribution is -2.29. The maximum absolute atomic E-state index is 11.5. The number of hydrogen-bond acceptors (Lipinski definition) is 4. The summed E-state index contributed by atoms with van der Waals surface area (Å²) in [4.78, 5) is 15.4. The number of nitrogens with zero attached hydrogens (tertiary/aromatic N) is 2. The number of benzene rings is 2. The molecule has 0 spiro atoms. The number of aromatic nitrogens is 1. The molecule has 0 aliphatic carbocycles. The van der Waals surface area contributed by atoms with E-state index in [9.17, 15) is 10.0 Å². The van der Waals surface area contributed by atoms with Gasteiger partial charge in [-0.15, -0.1) is 0 Å². The summed E-state index contributed by atoms with van der Waals surface area (Å²) in [7, 11) is 0. The number of aliphatic hydroxyl groups is 1. The summed E-state index contributed by atoms with van der Waals surface area (Å²) in [5, 5.41) is 14.8. The van der Waals surface area contributed by atoms with Crippen molar-refractivity contribution >= 4 is 0 Å². The molecule has 0 fully saturated rings. The van der Waals surface area contributed by atoms with Crippen molar-refractivity contribution in [1.82, 2.24) is 4.98 Å². The molecule has 120 valence electrons. The van der Waals surface area contributed by atoms with Gasteiger partial charge in [-0.25, -0.2) is 0 Å².